The third-order valence-electron chi connectivity index (χ3n) is 3.51. The van der Waals surface area contributed by atoms with E-state index >= 15 is 0 Å². The Hall–Kier alpha value is -0.570. The number of carbonyl (C=O) groups excluding carboxylic acids is 1. The summed E-state index contributed by atoms with van der Waals surface area (Å²) >= 11 is 0. The number of amides is 1. The highest BCUT2D eigenvalue weighted by molar-refractivity contribution is 5.77. The van der Waals surface area contributed by atoms with Crippen molar-refractivity contribution in [3.8, 4) is 0 Å². The van der Waals surface area contributed by atoms with E-state index in [1.54, 1.807) is 0 Å². The zero-order valence-electron chi connectivity index (χ0n) is 8.91. The van der Waals surface area contributed by atoms with Crippen LogP contribution in [0, 0.1) is 5.92 Å². The van der Waals surface area contributed by atoms with Crippen LogP contribution in [0.25, 0.3) is 0 Å². The Bertz CT molecular complexity index is 225. The first-order chi connectivity index (χ1) is 6.68. The molecule has 0 bridgehead atoms. The lowest BCUT2D eigenvalue weighted by molar-refractivity contribution is -0.132. The number of nitrogens with zero attached hydrogens (tertiary/aromatic N) is 1. The van der Waals surface area contributed by atoms with Gasteiger partial charge < -0.3 is 10.6 Å². The van der Waals surface area contributed by atoms with Gasteiger partial charge in [0.15, 0.2) is 0 Å². The van der Waals surface area contributed by atoms with E-state index < -0.39 is 0 Å². The zero-order valence-corrected chi connectivity index (χ0v) is 8.91. The van der Waals surface area contributed by atoms with Gasteiger partial charge in [-0.05, 0) is 38.5 Å². The summed E-state index contributed by atoms with van der Waals surface area (Å²) in [4.78, 5) is 13.8. The van der Waals surface area contributed by atoms with Crippen LogP contribution in [0.4, 0.5) is 0 Å². The molecule has 0 aromatic carbocycles. The maximum Gasteiger partial charge on any atom is 0.224 e. The van der Waals surface area contributed by atoms with Crippen molar-refractivity contribution in [3.05, 3.63) is 0 Å². The summed E-state index contributed by atoms with van der Waals surface area (Å²) in [5, 5.41) is 0. The molecule has 1 aliphatic carbocycles. The monoisotopic (exact) mass is 196 g/mol. The molecule has 3 heteroatoms. The van der Waals surface area contributed by atoms with Crippen LogP contribution < -0.4 is 5.73 Å². The van der Waals surface area contributed by atoms with Crippen molar-refractivity contribution in [3.63, 3.8) is 0 Å². The molecule has 0 spiro atoms. The van der Waals surface area contributed by atoms with Gasteiger partial charge in [0.1, 0.15) is 0 Å². The minimum Gasteiger partial charge on any atom is -0.340 e. The second-order valence-electron chi connectivity index (χ2n) is 4.78. The molecule has 1 saturated heterocycles. The fourth-order valence-corrected chi connectivity index (χ4v) is 2.31. The number of hydrogen-bond donors (Lipinski definition) is 1. The summed E-state index contributed by atoms with van der Waals surface area (Å²) in [6, 6.07) is 0.559. The van der Waals surface area contributed by atoms with Crippen LogP contribution in [0.2, 0.25) is 0 Å². The Morgan fingerprint density at radius 2 is 2.21 bits per heavy atom. The van der Waals surface area contributed by atoms with Gasteiger partial charge in [-0.2, -0.15) is 0 Å². The molecule has 2 aliphatic rings. The quantitative estimate of drug-likeness (QED) is 0.735. The first kappa shape index (κ1) is 9.97. The van der Waals surface area contributed by atoms with E-state index in [4.69, 9.17) is 5.73 Å². The third kappa shape index (κ3) is 2.08. The number of likely N-dealkylation sites (tertiary alicyclic amines) is 1. The Morgan fingerprint density at radius 1 is 1.50 bits per heavy atom. The normalized spacial score (nSPS) is 29.3. The maximum atomic E-state index is 11.8. The average Bonchev–Trinajstić information content (AvgIpc) is 2.89. The molecule has 0 aromatic rings. The molecule has 1 aliphatic heterocycles. The van der Waals surface area contributed by atoms with Gasteiger partial charge in [-0.1, -0.05) is 0 Å². The van der Waals surface area contributed by atoms with E-state index in [1.807, 2.05) is 4.90 Å². The van der Waals surface area contributed by atoms with Crippen molar-refractivity contribution in [1.82, 2.24) is 4.90 Å². The molecule has 1 saturated carbocycles. The molecule has 80 valence electrons. The van der Waals surface area contributed by atoms with Gasteiger partial charge in [-0.25, -0.2) is 0 Å². The number of carbonyl (C=O) groups is 1. The lowest BCUT2D eigenvalue weighted by Crippen LogP contribution is -2.38. The van der Waals surface area contributed by atoms with Crippen LogP contribution in [0.3, 0.4) is 0 Å². The van der Waals surface area contributed by atoms with Crippen LogP contribution in [0.15, 0.2) is 0 Å². The lowest BCUT2D eigenvalue weighted by Gasteiger charge is -2.23. The summed E-state index contributed by atoms with van der Waals surface area (Å²) in [5.74, 6) is 0.909. The van der Waals surface area contributed by atoms with E-state index in [1.165, 1.54) is 12.8 Å². The van der Waals surface area contributed by atoms with Gasteiger partial charge in [0.2, 0.25) is 5.91 Å². The predicted octanol–water partition coefficient (Wildman–Crippen LogP) is 1.12. The van der Waals surface area contributed by atoms with Gasteiger partial charge in [-0.3, -0.25) is 4.79 Å². The molecule has 2 atom stereocenters. The number of nitrogens with two attached hydrogens (primary N) is 1. The van der Waals surface area contributed by atoms with E-state index in [0.717, 1.165) is 19.4 Å². The minimum atomic E-state index is 0.121. The number of hydrogen-bond acceptors (Lipinski definition) is 2. The molecular weight excluding hydrogens is 176 g/mol. The van der Waals surface area contributed by atoms with Crippen LogP contribution in [-0.4, -0.2) is 29.4 Å². The molecule has 0 aromatic heterocycles. The summed E-state index contributed by atoms with van der Waals surface area (Å²) in [7, 11) is 0. The van der Waals surface area contributed by atoms with Crippen molar-refractivity contribution in [1.29, 1.82) is 0 Å². The summed E-state index contributed by atoms with van der Waals surface area (Å²) in [6.45, 7) is 3.07. The molecule has 1 amide bonds. The molecule has 2 N–H and O–H groups in total. The van der Waals surface area contributed by atoms with Crippen molar-refractivity contribution >= 4 is 5.91 Å². The third-order valence-corrected chi connectivity index (χ3v) is 3.51. The predicted molar refractivity (Wildman–Crippen MR) is 55.7 cm³/mol. The van der Waals surface area contributed by atoms with Gasteiger partial charge in [0.05, 0.1) is 0 Å². The molecular formula is C11H20N2O. The Kier molecular flexibility index (Phi) is 2.77. The second-order valence-corrected chi connectivity index (χ2v) is 4.78. The first-order valence-corrected chi connectivity index (χ1v) is 5.73. The molecule has 2 fully saturated rings. The summed E-state index contributed by atoms with van der Waals surface area (Å²) in [5.41, 5.74) is 5.95. The van der Waals surface area contributed by atoms with E-state index in [2.05, 4.69) is 6.92 Å². The van der Waals surface area contributed by atoms with Crippen molar-refractivity contribution < 1.29 is 4.79 Å². The maximum absolute atomic E-state index is 11.8. The SMILES string of the molecule is CC1CCCN1C(=O)CC(N)C1CC1. The largest absolute Gasteiger partial charge is 0.340 e. The highest BCUT2D eigenvalue weighted by Crippen LogP contribution is 2.33. The molecule has 0 radical (unpaired) electrons. The molecule has 2 rings (SSSR count). The first-order valence-electron chi connectivity index (χ1n) is 5.73. The van der Waals surface area contributed by atoms with Gasteiger partial charge in [-0.15, -0.1) is 0 Å². The van der Waals surface area contributed by atoms with E-state index in [0.29, 0.717) is 18.4 Å². The van der Waals surface area contributed by atoms with E-state index in [-0.39, 0.29) is 11.9 Å². The van der Waals surface area contributed by atoms with Crippen LogP contribution in [0.5, 0.6) is 0 Å². The summed E-state index contributed by atoms with van der Waals surface area (Å²) in [6.07, 6.45) is 5.33. The molecule has 2 unspecified atom stereocenters. The molecule has 14 heavy (non-hydrogen) atoms. The standard InChI is InChI=1S/C11H20N2O/c1-8-3-2-6-13(8)11(14)7-10(12)9-4-5-9/h8-10H,2-7,12H2,1H3. The highest BCUT2D eigenvalue weighted by Gasteiger charge is 2.32. The Balaban J connectivity index is 1.81. The van der Waals surface area contributed by atoms with Gasteiger partial charge >= 0.3 is 0 Å². The topological polar surface area (TPSA) is 46.3 Å². The fourth-order valence-electron chi connectivity index (χ4n) is 2.31. The zero-order chi connectivity index (χ0) is 10.1. The highest BCUT2D eigenvalue weighted by atomic mass is 16.2. The Labute approximate surface area is 85.6 Å². The van der Waals surface area contributed by atoms with Crippen LogP contribution in [0.1, 0.15) is 39.0 Å². The minimum absolute atomic E-state index is 0.121. The second kappa shape index (κ2) is 3.89. The van der Waals surface area contributed by atoms with Gasteiger partial charge in [0.25, 0.3) is 0 Å². The lowest BCUT2D eigenvalue weighted by atomic mass is 10.1. The van der Waals surface area contributed by atoms with Crippen molar-refractivity contribution in [2.24, 2.45) is 11.7 Å². The van der Waals surface area contributed by atoms with Gasteiger partial charge in [0, 0.05) is 25.0 Å². The smallest absolute Gasteiger partial charge is 0.224 e. The van der Waals surface area contributed by atoms with Crippen LogP contribution >= 0.6 is 0 Å². The average molecular weight is 196 g/mol. The van der Waals surface area contributed by atoms with Crippen molar-refractivity contribution in [2.45, 2.75) is 51.1 Å². The molecule has 3 nitrogen and oxygen atoms in total. The summed E-state index contributed by atoms with van der Waals surface area (Å²) < 4.78 is 0. The Morgan fingerprint density at radius 3 is 2.71 bits per heavy atom. The van der Waals surface area contributed by atoms with Crippen molar-refractivity contribution in [2.75, 3.05) is 6.54 Å². The number of rotatable bonds is 3. The van der Waals surface area contributed by atoms with E-state index in [9.17, 15) is 4.79 Å². The van der Waals surface area contributed by atoms with Crippen LogP contribution in [-0.2, 0) is 4.79 Å². The molecule has 1 heterocycles. The fraction of sp³-hybridized carbons (Fsp3) is 0.909.